The molecule has 0 amide bonds. The van der Waals surface area contributed by atoms with Gasteiger partial charge in [-0.3, -0.25) is 16.0 Å². The molecule has 0 spiro atoms. The summed E-state index contributed by atoms with van der Waals surface area (Å²) < 4.78 is 2.05. The van der Waals surface area contributed by atoms with E-state index in [-0.39, 0.29) is 6.04 Å². The first-order chi connectivity index (χ1) is 9.71. The van der Waals surface area contributed by atoms with Crippen molar-refractivity contribution in [3.05, 3.63) is 39.3 Å². The minimum Gasteiger partial charge on any atom is -0.271 e. The third-order valence-corrected chi connectivity index (χ3v) is 4.80. The quantitative estimate of drug-likeness (QED) is 0.609. The van der Waals surface area contributed by atoms with Gasteiger partial charge in [0.25, 0.3) is 0 Å². The van der Waals surface area contributed by atoms with Gasteiger partial charge in [-0.1, -0.05) is 13.8 Å². The Bertz CT molecular complexity index is 544. The van der Waals surface area contributed by atoms with Crippen LogP contribution in [0.3, 0.4) is 0 Å². The molecule has 2 heterocycles. The summed E-state index contributed by atoms with van der Waals surface area (Å²) in [6, 6.07) is 6.71. The van der Waals surface area contributed by atoms with Crippen molar-refractivity contribution in [1.29, 1.82) is 0 Å². The monoisotopic (exact) mass is 292 g/mol. The van der Waals surface area contributed by atoms with E-state index in [9.17, 15) is 0 Å². The van der Waals surface area contributed by atoms with Crippen molar-refractivity contribution in [3.63, 3.8) is 0 Å². The summed E-state index contributed by atoms with van der Waals surface area (Å²) in [5, 5.41) is 4.60. The molecule has 0 aliphatic rings. The molecular formula is C15H24N4S. The molecule has 1 unspecified atom stereocenters. The second-order valence-corrected chi connectivity index (χ2v) is 6.13. The van der Waals surface area contributed by atoms with Gasteiger partial charge >= 0.3 is 0 Å². The molecule has 0 aromatic carbocycles. The molecule has 5 heteroatoms. The molecule has 0 bridgehead atoms. The summed E-state index contributed by atoms with van der Waals surface area (Å²) in [7, 11) is 0. The summed E-state index contributed by atoms with van der Waals surface area (Å²) in [5.41, 5.74) is 5.26. The summed E-state index contributed by atoms with van der Waals surface area (Å²) in [5.74, 6) is 5.78. The van der Waals surface area contributed by atoms with Crippen molar-refractivity contribution in [1.82, 2.24) is 15.2 Å². The van der Waals surface area contributed by atoms with E-state index in [2.05, 4.69) is 54.2 Å². The van der Waals surface area contributed by atoms with Gasteiger partial charge in [0.15, 0.2) is 0 Å². The molecule has 0 saturated heterocycles. The van der Waals surface area contributed by atoms with Crippen LogP contribution in [0, 0.1) is 0 Å². The van der Waals surface area contributed by atoms with E-state index in [4.69, 9.17) is 5.84 Å². The molecule has 20 heavy (non-hydrogen) atoms. The highest BCUT2D eigenvalue weighted by Crippen LogP contribution is 2.24. The molecule has 3 N–H and O–H groups in total. The Hall–Kier alpha value is -1.17. The van der Waals surface area contributed by atoms with Gasteiger partial charge < -0.3 is 0 Å². The van der Waals surface area contributed by atoms with Crippen molar-refractivity contribution in [3.8, 4) is 0 Å². The van der Waals surface area contributed by atoms with E-state index in [0.29, 0.717) is 0 Å². The molecule has 2 aromatic rings. The molecule has 1 atom stereocenters. The number of rotatable bonds is 7. The van der Waals surface area contributed by atoms with Crippen molar-refractivity contribution >= 4 is 11.3 Å². The largest absolute Gasteiger partial charge is 0.271 e. The Labute approximate surface area is 125 Å². The van der Waals surface area contributed by atoms with Gasteiger partial charge in [0.1, 0.15) is 0 Å². The van der Waals surface area contributed by atoms with Gasteiger partial charge in [-0.15, -0.1) is 11.3 Å². The molecule has 2 aromatic heterocycles. The molecule has 0 saturated carbocycles. The van der Waals surface area contributed by atoms with Crippen LogP contribution in [0.4, 0.5) is 0 Å². The van der Waals surface area contributed by atoms with E-state index in [1.807, 2.05) is 11.3 Å². The zero-order valence-electron chi connectivity index (χ0n) is 12.5. The van der Waals surface area contributed by atoms with Crippen LogP contribution in [0.5, 0.6) is 0 Å². The van der Waals surface area contributed by atoms with Crippen LogP contribution >= 0.6 is 11.3 Å². The topological polar surface area (TPSA) is 55.9 Å². The normalized spacial score (nSPS) is 12.8. The molecule has 4 nitrogen and oxygen atoms in total. The maximum atomic E-state index is 5.78. The number of hydrogen-bond acceptors (Lipinski definition) is 4. The van der Waals surface area contributed by atoms with Gasteiger partial charge in [-0.2, -0.15) is 5.10 Å². The lowest BCUT2D eigenvalue weighted by atomic mass is 10.1. The summed E-state index contributed by atoms with van der Waals surface area (Å²) in [6.45, 7) is 7.31. The lowest BCUT2D eigenvalue weighted by Crippen LogP contribution is -2.31. The second kappa shape index (κ2) is 7.02. The Kier molecular flexibility index (Phi) is 5.34. The fraction of sp³-hybridized carbons (Fsp3) is 0.533. The maximum absolute atomic E-state index is 5.78. The maximum Gasteiger partial charge on any atom is 0.0677 e. The van der Waals surface area contributed by atoms with Crippen molar-refractivity contribution < 1.29 is 0 Å². The molecule has 110 valence electrons. The Morgan fingerprint density at radius 1 is 1.25 bits per heavy atom. The third-order valence-electron chi connectivity index (χ3n) is 3.55. The van der Waals surface area contributed by atoms with Gasteiger partial charge in [-0.05, 0) is 38.0 Å². The van der Waals surface area contributed by atoms with Crippen LogP contribution in [-0.4, -0.2) is 9.78 Å². The van der Waals surface area contributed by atoms with E-state index < -0.39 is 0 Å². The first-order valence-corrected chi connectivity index (χ1v) is 8.13. The van der Waals surface area contributed by atoms with Gasteiger partial charge in [0.2, 0.25) is 0 Å². The number of hydrogen-bond donors (Lipinski definition) is 2. The third kappa shape index (κ3) is 3.29. The van der Waals surface area contributed by atoms with Gasteiger partial charge in [0, 0.05) is 22.7 Å². The number of aromatic nitrogens is 2. The number of thiophene rings is 1. The van der Waals surface area contributed by atoms with Gasteiger partial charge in [0.05, 0.1) is 17.4 Å². The predicted molar refractivity (Wildman–Crippen MR) is 84.7 cm³/mol. The van der Waals surface area contributed by atoms with E-state index in [1.54, 1.807) is 0 Å². The smallest absolute Gasteiger partial charge is 0.0677 e. The number of aryl methyl sites for hydroxylation is 3. The van der Waals surface area contributed by atoms with Crippen molar-refractivity contribution in [2.24, 2.45) is 5.84 Å². The minimum atomic E-state index is 0.117. The zero-order chi connectivity index (χ0) is 14.5. The van der Waals surface area contributed by atoms with E-state index in [1.165, 1.54) is 15.4 Å². The van der Waals surface area contributed by atoms with E-state index >= 15 is 0 Å². The number of hydrazine groups is 1. The van der Waals surface area contributed by atoms with Gasteiger partial charge in [-0.25, -0.2) is 0 Å². The molecule has 0 aliphatic carbocycles. The Morgan fingerprint density at radius 3 is 2.55 bits per heavy atom. The average Bonchev–Trinajstić information content (AvgIpc) is 3.10. The van der Waals surface area contributed by atoms with Crippen molar-refractivity contribution in [2.45, 2.75) is 52.6 Å². The molecule has 0 fully saturated rings. The first kappa shape index (κ1) is 15.2. The summed E-state index contributed by atoms with van der Waals surface area (Å²) in [4.78, 5) is 2.79. The SMILES string of the molecule is CCc1cc(C(Cc2ccc(CC)s2)NN)n(CC)n1. The number of nitrogens with two attached hydrogens (primary N) is 1. The minimum absolute atomic E-state index is 0.117. The summed E-state index contributed by atoms with van der Waals surface area (Å²) in [6.07, 6.45) is 2.96. The summed E-state index contributed by atoms with van der Waals surface area (Å²) >= 11 is 1.87. The molecule has 2 rings (SSSR count). The first-order valence-electron chi connectivity index (χ1n) is 7.32. The highest BCUT2D eigenvalue weighted by molar-refractivity contribution is 7.11. The highest BCUT2D eigenvalue weighted by Gasteiger charge is 2.17. The second-order valence-electron chi connectivity index (χ2n) is 4.87. The van der Waals surface area contributed by atoms with Crippen LogP contribution in [-0.2, 0) is 25.8 Å². The van der Waals surface area contributed by atoms with Crippen LogP contribution in [0.2, 0.25) is 0 Å². The number of nitrogens with zero attached hydrogens (tertiary/aromatic N) is 2. The Balaban J connectivity index is 2.20. The average molecular weight is 292 g/mol. The van der Waals surface area contributed by atoms with Crippen LogP contribution in [0.15, 0.2) is 18.2 Å². The highest BCUT2D eigenvalue weighted by atomic mass is 32.1. The lowest BCUT2D eigenvalue weighted by Gasteiger charge is -2.16. The molecular weight excluding hydrogens is 268 g/mol. The van der Waals surface area contributed by atoms with Crippen LogP contribution < -0.4 is 11.3 Å². The van der Waals surface area contributed by atoms with E-state index in [0.717, 1.165) is 31.5 Å². The number of nitrogens with one attached hydrogen (secondary N) is 1. The Morgan fingerprint density at radius 2 is 2.00 bits per heavy atom. The van der Waals surface area contributed by atoms with Crippen molar-refractivity contribution in [2.75, 3.05) is 0 Å². The molecule has 0 aliphatic heterocycles. The zero-order valence-corrected chi connectivity index (χ0v) is 13.3. The lowest BCUT2D eigenvalue weighted by molar-refractivity contribution is 0.492. The van der Waals surface area contributed by atoms with Crippen LogP contribution in [0.1, 0.15) is 48.0 Å². The standard InChI is InChI=1S/C15H24N4S/c1-4-11-9-15(19(6-3)18-11)14(17-16)10-13-8-7-12(5-2)20-13/h7-9,14,17H,4-6,10,16H2,1-3H3. The molecule has 0 radical (unpaired) electrons. The fourth-order valence-corrected chi connectivity index (χ4v) is 3.37. The predicted octanol–water partition coefficient (Wildman–Crippen LogP) is 2.84. The fourth-order valence-electron chi connectivity index (χ4n) is 2.37. The van der Waals surface area contributed by atoms with Crippen LogP contribution in [0.25, 0.3) is 0 Å².